The van der Waals surface area contributed by atoms with Crippen molar-refractivity contribution in [2.75, 3.05) is 18.0 Å². The van der Waals surface area contributed by atoms with Crippen molar-refractivity contribution in [2.45, 2.75) is 9.96 Å². The molecule has 1 fully saturated rings. The lowest BCUT2D eigenvalue weighted by atomic mass is 10.2. The minimum atomic E-state index is -1.85. The largest absolute Gasteiger partial charge is 0.328 e. The van der Waals surface area contributed by atoms with Crippen LogP contribution in [0.5, 0.6) is 0 Å². The van der Waals surface area contributed by atoms with Gasteiger partial charge in [-0.2, -0.15) is 0 Å². The van der Waals surface area contributed by atoms with Gasteiger partial charge in [-0.25, -0.2) is 4.39 Å². The molecule has 1 saturated heterocycles. The number of carbonyl (C=O) groups is 1. The zero-order valence-electron chi connectivity index (χ0n) is 17.1. The fourth-order valence-electron chi connectivity index (χ4n) is 3.61. The molecule has 1 aliphatic heterocycles. The Hall–Kier alpha value is -2.45. The molecule has 1 amide bonds. The summed E-state index contributed by atoms with van der Waals surface area (Å²) in [6, 6.07) is 16.2. The van der Waals surface area contributed by atoms with Crippen LogP contribution in [0.1, 0.15) is 5.56 Å². The molecule has 1 unspecified atom stereocenters. The molecule has 33 heavy (non-hydrogen) atoms. The number of rotatable bonds is 5. The van der Waals surface area contributed by atoms with Crippen molar-refractivity contribution < 1.29 is 9.18 Å². The number of amides is 1. The number of anilines is 1. The van der Waals surface area contributed by atoms with Gasteiger partial charge < -0.3 is 15.1 Å². The van der Waals surface area contributed by atoms with E-state index >= 15 is 0 Å². The number of alkyl halides is 3. The standard InChI is InChI=1S/C23H18Cl3FN4OS/c24-23(25,26)21(29-19(32)10-9-15-5-2-1-3-6-15)31-12-11-30(22(31)33)18-8-4-7-16-13-17(27)14-28-20(16)18/h1-10,13-14,21H,11-12H2,(H,29,32)/b10-9+. The fraction of sp³-hybridized carbons (Fsp3) is 0.174. The number of carbonyl (C=O) groups excluding carboxylic acids is 1. The van der Waals surface area contributed by atoms with Gasteiger partial charge in [-0.1, -0.05) is 77.3 Å². The zero-order chi connectivity index (χ0) is 23.6. The van der Waals surface area contributed by atoms with Gasteiger partial charge in [0.05, 0.1) is 17.4 Å². The van der Waals surface area contributed by atoms with Crippen LogP contribution in [-0.2, 0) is 4.79 Å². The van der Waals surface area contributed by atoms with E-state index in [-0.39, 0.29) is 0 Å². The maximum atomic E-state index is 13.6. The molecule has 1 atom stereocenters. The quantitative estimate of drug-likeness (QED) is 0.279. The third-order valence-electron chi connectivity index (χ3n) is 5.12. The van der Waals surface area contributed by atoms with Crippen molar-refractivity contribution in [1.82, 2.24) is 15.2 Å². The number of hydrogen-bond acceptors (Lipinski definition) is 3. The lowest BCUT2D eigenvalue weighted by Gasteiger charge is -2.34. The van der Waals surface area contributed by atoms with Crippen molar-refractivity contribution in [1.29, 1.82) is 0 Å². The molecule has 0 bridgehead atoms. The number of nitrogens with one attached hydrogen (secondary N) is 1. The summed E-state index contributed by atoms with van der Waals surface area (Å²) >= 11 is 24.4. The van der Waals surface area contributed by atoms with Gasteiger partial charge in [0, 0.05) is 24.6 Å². The molecule has 0 spiro atoms. The van der Waals surface area contributed by atoms with E-state index in [0.29, 0.717) is 34.8 Å². The van der Waals surface area contributed by atoms with E-state index in [1.807, 2.05) is 41.3 Å². The Balaban J connectivity index is 1.56. The van der Waals surface area contributed by atoms with Crippen molar-refractivity contribution in [3.63, 3.8) is 0 Å². The number of thiocarbonyl (C=S) groups is 1. The highest BCUT2D eigenvalue weighted by Gasteiger charge is 2.43. The molecule has 5 nitrogen and oxygen atoms in total. The number of benzene rings is 2. The van der Waals surface area contributed by atoms with E-state index in [9.17, 15) is 9.18 Å². The Morgan fingerprint density at radius 1 is 1.15 bits per heavy atom. The van der Waals surface area contributed by atoms with E-state index in [0.717, 1.165) is 11.8 Å². The van der Waals surface area contributed by atoms with Crippen molar-refractivity contribution in [3.8, 4) is 0 Å². The molecule has 2 heterocycles. The molecule has 0 radical (unpaired) electrons. The van der Waals surface area contributed by atoms with Crippen LogP contribution in [0.4, 0.5) is 10.1 Å². The Bertz CT molecular complexity index is 1220. The van der Waals surface area contributed by atoms with E-state index in [1.54, 1.807) is 23.1 Å². The highest BCUT2D eigenvalue weighted by Crippen LogP contribution is 2.36. The Morgan fingerprint density at radius 3 is 2.64 bits per heavy atom. The maximum absolute atomic E-state index is 13.6. The van der Waals surface area contributed by atoms with Gasteiger partial charge in [-0.3, -0.25) is 9.78 Å². The number of aromatic nitrogens is 1. The van der Waals surface area contributed by atoms with Gasteiger partial charge in [0.2, 0.25) is 9.70 Å². The van der Waals surface area contributed by atoms with Gasteiger partial charge in [0.1, 0.15) is 5.82 Å². The van der Waals surface area contributed by atoms with E-state index < -0.39 is 21.7 Å². The molecule has 1 aromatic heterocycles. The van der Waals surface area contributed by atoms with Crippen LogP contribution in [0.3, 0.4) is 0 Å². The summed E-state index contributed by atoms with van der Waals surface area (Å²) in [5.74, 6) is -0.855. The molecule has 170 valence electrons. The molecule has 10 heteroatoms. The molecule has 1 aliphatic rings. The number of para-hydroxylation sites is 1. The van der Waals surface area contributed by atoms with Gasteiger partial charge in [-0.15, -0.1) is 0 Å². The molecule has 4 rings (SSSR count). The SMILES string of the molecule is O=C(/C=C/c1ccccc1)NC(N1CCN(c2cccc3cc(F)cnc23)C1=S)C(Cl)(Cl)Cl. The number of fused-ring (bicyclic) bond motifs is 1. The Kier molecular flexibility index (Phi) is 7.05. The topological polar surface area (TPSA) is 48.5 Å². The lowest BCUT2D eigenvalue weighted by molar-refractivity contribution is -0.117. The predicted molar refractivity (Wildman–Crippen MR) is 136 cm³/mol. The smallest absolute Gasteiger partial charge is 0.245 e. The van der Waals surface area contributed by atoms with E-state index in [1.165, 1.54) is 12.1 Å². The first-order valence-electron chi connectivity index (χ1n) is 9.97. The normalized spacial score (nSPS) is 15.5. The lowest BCUT2D eigenvalue weighted by Crippen LogP contribution is -2.56. The second kappa shape index (κ2) is 9.81. The third-order valence-corrected chi connectivity index (χ3v) is 6.19. The summed E-state index contributed by atoms with van der Waals surface area (Å²) in [5, 5.41) is 3.74. The number of halogens is 4. The number of pyridine rings is 1. The zero-order valence-corrected chi connectivity index (χ0v) is 20.2. The first-order valence-corrected chi connectivity index (χ1v) is 11.5. The first-order chi connectivity index (χ1) is 15.7. The summed E-state index contributed by atoms with van der Waals surface area (Å²) in [4.78, 5) is 20.3. The van der Waals surface area contributed by atoms with E-state index in [2.05, 4.69) is 10.3 Å². The van der Waals surface area contributed by atoms with Crippen LogP contribution >= 0.6 is 47.0 Å². The van der Waals surface area contributed by atoms with Crippen LogP contribution in [0.15, 0.2) is 66.9 Å². The summed E-state index contributed by atoms with van der Waals surface area (Å²) in [6.45, 7) is 0.877. The highest BCUT2D eigenvalue weighted by atomic mass is 35.6. The summed E-state index contributed by atoms with van der Waals surface area (Å²) in [7, 11) is 0. The monoisotopic (exact) mass is 522 g/mol. The highest BCUT2D eigenvalue weighted by molar-refractivity contribution is 7.80. The molecular formula is C23H18Cl3FN4OS. The molecular weight excluding hydrogens is 506 g/mol. The fourth-order valence-corrected chi connectivity index (χ4v) is 4.51. The second-order valence-electron chi connectivity index (χ2n) is 7.33. The summed E-state index contributed by atoms with van der Waals surface area (Å²) < 4.78 is 11.8. The minimum absolute atomic E-state index is 0.359. The number of hydrogen-bond donors (Lipinski definition) is 1. The second-order valence-corrected chi connectivity index (χ2v) is 10.1. The first kappa shape index (κ1) is 23.7. The van der Waals surface area contributed by atoms with Crippen molar-refractivity contribution in [3.05, 3.63) is 78.3 Å². The maximum Gasteiger partial charge on any atom is 0.245 e. The Labute approximate surface area is 210 Å². The molecule has 3 aromatic rings. The average Bonchev–Trinajstić information content (AvgIpc) is 3.16. The molecule has 0 saturated carbocycles. The van der Waals surface area contributed by atoms with Crippen molar-refractivity contribution >= 4 is 80.7 Å². The minimum Gasteiger partial charge on any atom is -0.328 e. The van der Waals surface area contributed by atoms with Crippen LogP contribution in [0.25, 0.3) is 17.0 Å². The Morgan fingerprint density at radius 2 is 1.91 bits per heavy atom. The van der Waals surface area contributed by atoms with Crippen LogP contribution in [0, 0.1) is 5.82 Å². The van der Waals surface area contributed by atoms with Gasteiger partial charge in [-0.05, 0) is 36.0 Å². The molecule has 1 N–H and O–H groups in total. The third kappa shape index (κ3) is 5.38. The van der Waals surface area contributed by atoms with Gasteiger partial charge >= 0.3 is 0 Å². The predicted octanol–water partition coefficient (Wildman–Crippen LogP) is 5.31. The van der Waals surface area contributed by atoms with Gasteiger partial charge in [0.15, 0.2) is 11.3 Å². The van der Waals surface area contributed by atoms with Crippen molar-refractivity contribution in [2.24, 2.45) is 0 Å². The molecule has 0 aliphatic carbocycles. The van der Waals surface area contributed by atoms with Crippen LogP contribution in [0.2, 0.25) is 0 Å². The van der Waals surface area contributed by atoms with Crippen LogP contribution < -0.4 is 10.2 Å². The molecule has 2 aromatic carbocycles. The average molecular weight is 524 g/mol. The summed E-state index contributed by atoms with van der Waals surface area (Å²) in [6.07, 6.45) is 3.19. The summed E-state index contributed by atoms with van der Waals surface area (Å²) in [5.41, 5.74) is 2.17. The van der Waals surface area contributed by atoms with Crippen LogP contribution in [-0.4, -0.2) is 44.0 Å². The number of nitrogens with zero attached hydrogens (tertiary/aromatic N) is 3. The van der Waals surface area contributed by atoms with E-state index in [4.69, 9.17) is 47.0 Å². The van der Waals surface area contributed by atoms with Gasteiger partial charge in [0.25, 0.3) is 0 Å².